The van der Waals surface area contributed by atoms with E-state index in [0.29, 0.717) is 12.1 Å². The van der Waals surface area contributed by atoms with Crippen LogP contribution in [0.3, 0.4) is 0 Å². The Bertz CT molecular complexity index is 479. The Balaban J connectivity index is 1.66. The fraction of sp³-hybridized carbons (Fsp3) is 0.706. The van der Waals surface area contributed by atoms with Crippen LogP contribution < -0.4 is 10.6 Å². The van der Waals surface area contributed by atoms with Crippen molar-refractivity contribution in [2.24, 2.45) is 10.9 Å². The van der Waals surface area contributed by atoms with Crippen LogP contribution in [0, 0.1) is 5.92 Å². The van der Waals surface area contributed by atoms with E-state index < -0.39 is 0 Å². The second-order valence-electron chi connectivity index (χ2n) is 6.46. The van der Waals surface area contributed by atoms with Gasteiger partial charge in [-0.3, -0.25) is 9.89 Å². The molecular weight excluding hydrogens is 292 g/mol. The van der Waals surface area contributed by atoms with Crippen LogP contribution in [0.2, 0.25) is 0 Å². The molecule has 1 aromatic heterocycles. The highest BCUT2D eigenvalue weighted by Gasteiger charge is 2.33. The summed E-state index contributed by atoms with van der Waals surface area (Å²) in [6, 6.07) is 5.47. The van der Waals surface area contributed by atoms with Gasteiger partial charge in [-0.05, 0) is 56.6 Å². The Morgan fingerprint density at radius 1 is 1.45 bits per heavy atom. The van der Waals surface area contributed by atoms with Crippen molar-refractivity contribution in [3.63, 3.8) is 0 Å². The smallest absolute Gasteiger partial charge is 0.191 e. The molecule has 1 saturated heterocycles. The van der Waals surface area contributed by atoms with Gasteiger partial charge in [-0.25, -0.2) is 0 Å². The molecule has 0 spiro atoms. The van der Waals surface area contributed by atoms with E-state index in [2.05, 4.69) is 46.9 Å². The first-order valence-electron chi connectivity index (χ1n) is 8.60. The molecule has 3 atom stereocenters. The van der Waals surface area contributed by atoms with Gasteiger partial charge in [0.15, 0.2) is 5.96 Å². The SMILES string of the molecule is CCNC(=NCC(c1cccs1)N1CCCC1)NC1CC1C. The number of nitrogens with one attached hydrogen (secondary N) is 2. The molecule has 1 saturated carbocycles. The van der Waals surface area contributed by atoms with Crippen molar-refractivity contribution in [2.45, 2.75) is 45.2 Å². The summed E-state index contributed by atoms with van der Waals surface area (Å²) in [5, 5.41) is 9.12. The average Bonchev–Trinajstić information content (AvgIpc) is 2.99. The molecule has 2 fully saturated rings. The number of likely N-dealkylation sites (tertiary alicyclic amines) is 1. The van der Waals surface area contributed by atoms with Gasteiger partial charge in [0, 0.05) is 17.5 Å². The minimum atomic E-state index is 0.439. The molecule has 1 aliphatic heterocycles. The van der Waals surface area contributed by atoms with E-state index in [4.69, 9.17) is 4.99 Å². The molecule has 22 heavy (non-hydrogen) atoms. The van der Waals surface area contributed by atoms with Gasteiger partial charge in [0.25, 0.3) is 0 Å². The summed E-state index contributed by atoms with van der Waals surface area (Å²) in [5.74, 6) is 1.77. The highest BCUT2D eigenvalue weighted by atomic mass is 32.1. The highest BCUT2D eigenvalue weighted by molar-refractivity contribution is 7.10. The number of hydrogen-bond acceptors (Lipinski definition) is 3. The van der Waals surface area contributed by atoms with Crippen LogP contribution in [0.15, 0.2) is 22.5 Å². The largest absolute Gasteiger partial charge is 0.357 e. The van der Waals surface area contributed by atoms with E-state index in [1.165, 1.54) is 37.2 Å². The Morgan fingerprint density at radius 3 is 2.82 bits per heavy atom. The van der Waals surface area contributed by atoms with Gasteiger partial charge in [0.05, 0.1) is 12.6 Å². The zero-order valence-electron chi connectivity index (χ0n) is 13.7. The Labute approximate surface area is 138 Å². The zero-order chi connectivity index (χ0) is 15.4. The first kappa shape index (κ1) is 15.8. The van der Waals surface area contributed by atoms with Gasteiger partial charge in [0.2, 0.25) is 0 Å². The van der Waals surface area contributed by atoms with Crippen LogP contribution in [0.25, 0.3) is 0 Å². The summed E-state index contributed by atoms with van der Waals surface area (Å²) in [4.78, 5) is 8.93. The van der Waals surface area contributed by atoms with Gasteiger partial charge >= 0.3 is 0 Å². The highest BCUT2D eigenvalue weighted by Crippen LogP contribution is 2.30. The lowest BCUT2D eigenvalue weighted by Crippen LogP contribution is -2.40. The van der Waals surface area contributed by atoms with Crippen molar-refractivity contribution in [3.8, 4) is 0 Å². The fourth-order valence-corrected chi connectivity index (χ4v) is 3.97. The Hall–Kier alpha value is -1.07. The van der Waals surface area contributed by atoms with Crippen LogP contribution in [0.4, 0.5) is 0 Å². The van der Waals surface area contributed by atoms with Crippen molar-refractivity contribution < 1.29 is 0 Å². The van der Waals surface area contributed by atoms with Gasteiger partial charge in [-0.2, -0.15) is 0 Å². The summed E-state index contributed by atoms with van der Waals surface area (Å²) in [5.41, 5.74) is 0. The minimum absolute atomic E-state index is 0.439. The molecule has 3 unspecified atom stereocenters. The first-order valence-corrected chi connectivity index (χ1v) is 9.48. The maximum atomic E-state index is 4.89. The van der Waals surface area contributed by atoms with E-state index in [9.17, 15) is 0 Å². The molecule has 0 amide bonds. The monoisotopic (exact) mass is 320 g/mol. The third kappa shape index (κ3) is 4.02. The lowest BCUT2D eigenvalue weighted by atomic mass is 10.2. The number of nitrogens with zero attached hydrogens (tertiary/aromatic N) is 2. The Kier molecular flexibility index (Phi) is 5.37. The van der Waals surface area contributed by atoms with Gasteiger partial charge in [-0.15, -0.1) is 11.3 Å². The number of aliphatic imine (C=N–C) groups is 1. The standard InChI is InChI=1S/C17H28N4S/c1-3-18-17(20-14-11-13(14)2)19-12-15(16-7-6-10-22-16)21-8-4-5-9-21/h6-7,10,13-15H,3-5,8-9,11-12H2,1-2H3,(H2,18,19,20). The van der Waals surface area contributed by atoms with E-state index in [1.807, 2.05) is 11.3 Å². The Morgan fingerprint density at radius 2 is 2.23 bits per heavy atom. The molecule has 1 aliphatic carbocycles. The third-order valence-corrected chi connectivity index (χ3v) is 5.62. The van der Waals surface area contributed by atoms with E-state index >= 15 is 0 Å². The molecule has 0 aromatic carbocycles. The number of rotatable bonds is 6. The maximum Gasteiger partial charge on any atom is 0.191 e. The second-order valence-corrected chi connectivity index (χ2v) is 7.44. The van der Waals surface area contributed by atoms with Crippen LogP contribution >= 0.6 is 11.3 Å². The predicted octanol–water partition coefficient (Wildman–Crippen LogP) is 2.85. The average molecular weight is 321 g/mol. The number of guanidine groups is 1. The maximum absolute atomic E-state index is 4.89. The lowest BCUT2D eigenvalue weighted by Gasteiger charge is -2.25. The molecule has 2 heterocycles. The molecule has 1 aromatic rings. The van der Waals surface area contributed by atoms with Gasteiger partial charge in [0.1, 0.15) is 0 Å². The van der Waals surface area contributed by atoms with Gasteiger partial charge in [-0.1, -0.05) is 13.0 Å². The first-order chi connectivity index (χ1) is 10.8. The summed E-state index contributed by atoms with van der Waals surface area (Å²) < 4.78 is 0. The molecule has 0 radical (unpaired) electrons. The molecule has 2 N–H and O–H groups in total. The van der Waals surface area contributed by atoms with Crippen molar-refractivity contribution >= 4 is 17.3 Å². The summed E-state index contributed by atoms with van der Waals surface area (Å²) in [6.07, 6.45) is 3.91. The predicted molar refractivity (Wildman–Crippen MR) is 94.6 cm³/mol. The van der Waals surface area contributed by atoms with E-state index in [-0.39, 0.29) is 0 Å². The molecule has 122 valence electrons. The van der Waals surface area contributed by atoms with Crippen LogP contribution in [-0.4, -0.2) is 43.1 Å². The molecule has 3 rings (SSSR count). The molecule has 2 aliphatic rings. The van der Waals surface area contributed by atoms with Crippen LogP contribution in [0.5, 0.6) is 0 Å². The topological polar surface area (TPSA) is 39.7 Å². The minimum Gasteiger partial charge on any atom is -0.357 e. The van der Waals surface area contributed by atoms with Crippen LogP contribution in [0.1, 0.15) is 44.0 Å². The van der Waals surface area contributed by atoms with Crippen molar-refractivity contribution in [3.05, 3.63) is 22.4 Å². The third-order valence-electron chi connectivity index (χ3n) is 4.65. The summed E-state index contributed by atoms with van der Waals surface area (Å²) >= 11 is 1.86. The summed E-state index contributed by atoms with van der Waals surface area (Å²) in [7, 11) is 0. The van der Waals surface area contributed by atoms with Crippen LogP contribution in [-0.2, 0) is 0 Å². The lowest BCUT2D eigenvalue weighted by molar-refractivity contribution is 0.255. The number of thiophene rings is 1. The second kappa shape index (κ2) is 7.47. The fourth-order valence-electron chi connectivity index (χ4n) is 3.12. The molecule has 5 heteroatoms. The molecular formula is C17H28N4S. The van der Waals surface area contributed by atoms with E-state index in [1.54, 1.807) is 0 Å². The molecule has 0 bridgehead atoms. The van der Waals surface area contributed by atoms with E-state index in [0.717, 1.165) is 25.0 Å². The summed E-state index contributed by atoms with van der Waals surface area (Å²) in [6.45, 7) is 8.60. The molecule has 4 nitrogen and oxygen atoms in total. The number of hydrogen-bond donors (Lipinski definition) is 2. The van der Waals surface area contributed by atoms with Gasteiger partial charge < -0.3 is 10.6 Å². The quantitative estimate of drug-likeness (QED) is 0.625. The van der Waals surface area contributed by atoms with Crippen molar-refractivity contribution in [1.82, 2.24) is 15.5 Å². The van der Waals surface area contributed by atoms with Crippen molar-refractivity contribution in [2.75, 3.05) is 26.2 Å². The van der Waals surface area contributed by atoms with Crippen molar-refractivity contribution in [1.29, 1.82) is 0 Å². The normalized spacial score (nSPS) is 26.9. The zero-order valence-corrected chi connectivity index (χ0v) is 14.5.